The van der Waals surface area contributed by atoms with Gasteiger partial charge in [-0.05, 0) is 80.9 Å². The normalized spacial score (nSPS) is 16.2. The zero-order valence-electron chi connectivity index (χ0n) is 22.4. The zero-order chi connectivity index (χ0) is 26.6. The molecule has 0 unspecified atom stereocenters. The van der Waals surface area contributed by atoms with Crippen LogP contribution in [0, 0.1) is 18.7 Å². The summed E-state index contributed by atoms with van der Waals surface area (Å²) in [5, 5.41) is 2.48. The molecule has 0 radical (unpaired) electrons. The summed E-state index contributed by atoms with van der Waals surface area (Å²) >= 11 is 5.47. The van der Waals surface area contributed by atoms with E-state index in [1.807, 2.05) is 6.07 Å². The topological polar surface area (TPSA) is 32.3 Å². The number of benzene rings is 3. The first kappa shape index (κ1) is 28.9. The second kappa shape index (κ2) is 14.9. The summed E-state index contributed by atoms with van der Waals surface area (Å²) in [6.07, 6.45) is 8.81. The van der Waals surface area contributed by atoms with Gasteiger partial charge in [-0.15, -0.1) is 0 Å². The van der Waals surface area contributed by atoms with Crippen LogP contribution in [-0.2, 0) is 4.79 Å². The van der Waals surface area contributed by atoms with Crippen LogP contribution >= 0.6 is 11.6 Å². The van der Waals surface area contributed by atoms with Crippen LogP contribution in [0.25, 0.3) is 11.1 Å². The van der Waals surface area contributed by atoms with Gasteiger partial charge in [0.05, 0.1) is 5.02 Å². The standard InChI is InChI=1S/C13H12.C11H21N.C8H7ClFNO/c1-11-7-9-13(10-8-11)12-5-3-2-4-6-12;1-10-6-8-12(9-7-10)11-4-2-3-5-11;1-5(12)11-6-2-3-8(10)7(9)4-6/h2-10H,1H3;10-11H,2-9H2,1H3;2-4H,1H3,(H,11,12). The maximum atomic E-state index is 12.6. The monoisotopic (exact) mass is 522 g/mol. The molecule has 1 saturated carbocycles. The van der Waals surface area contributed by atoms with E-state index in [1.165, 1.54) is 93.4 Å². The lowest BCUT2D eigenvalue weighted by molar-refractivity contribution is -0.114. The van der Waals surface area contributed by atoms with Crippen LogP contribution in [0.2, 0.25) is 5.02 Å². The van der Waals surface area contributed by atoms with Gasteiger partial charge in [0.25, 0.3) is 0 Å². The molecule has 1 amide bonds. The average Bonchev–Trinajstić information content (AvgIpc) is 3.43. The van der Waals surface area contributed by atoms with Gasteiger partial charge < -0.3 is 10.2 Å². The van der Waals surface area contributed by atoms with Crippen LogP contribution in [0.3, 0.4) is 0 Å². The highest BCUT2D eigenvalue weighted by molar-refractivity contribution is 6.31. The predicted molar refractivity (Wildman–Crippen MR) is 155 cm³/mol. The molecule has 2 fully saturated rings. The van der Waals surface area contributed by atoms with E-state index < -0.39 is 5.82 Å². The quantitative estimate of drug-likeness (QED) is 0.373. The van der Waals surface area contributed by atoms with Crippen molar-refractivity contribution >= 4 is 23.2 Å². The first-order valence-corrected chi connectivity index (χ1v) is 13.8. The largest absolute Gasteiger partial charge is 0.326 e. The van der Waals surface area contributed by atoms with E-state index in [0.717, 1.165) is 12.0 Å². The molecule has 3 aromatic carbocycles. The summed E-state index contributed by atoms with van der Waals surface area (Å²) in [7, 11) is 0. The van der Waals surface area contributed by atoms with Gasteiger partial charge in [0.15, 0.2) is 0 Å². The minimum atomic E-state index is -0.495. The van der Waals surface area contributed by atoms with Crippen molar-refractivity contribution in [2.24, 2.45) is 5.92 Å². The Morgan fingerprint density at radius 3 is 2.05 bits per heavy atom. The van der Waals surface area contributed by atoms with Gasteiger partial charge >= 0.3 is 0 Å². The number of anilines is 1. The van der Waals surface area contributed by atoms with Crippen molar-refractivity contribution in [3.63, 3.8) is 0 Å². The molecule has 3 nitrogen and oxygen atoms in total. The number of nitrogens with one attached hydrogen (secondary N) is 1. The number of piperidine rings is 1. The number of carbonyl (C=O) groups is 1. The number of hydrogen-bond acceptors (Lipinski definition) is 2. The van der Waals surface area contributed by atoms with E-state index in [4.69, 9.17) is 11.6 Å². The van der Waals surface area contributed by atoms with E-state index in [2.05, 4.69) is 72.6 Å². The van der Waals surface area contributed by atoms with Gasteiger partial charge in [0, 0.05) is 18.7 Å². The van der Waals surface area contributed by atoms with Crippen molar-refractivity contribution < 1.29 is 9.18 Å². The Morgan fingerprint density at radius 1 is 0.892 bits per heavy atom. The van der Waals surface area contributed by atoms with E-state index in [-0.39, 0.29) is 10.9 Å². The van der Waals surface area contributed by atoms with Crippen LogP contribution in [0.15, 0.2) is 72.8 Å². The number of likely N-dealkylation sites (tertiary alicyclic amines) is 1. The van der Waals surface area contributed by atoms with Crippen molar-refractivity contribution in [2.45, 2.75) is 65.3 Å². The fourth-order valence-corrected chi connectivity index (χ4v) is 5.00. The molecule has 1 N–H and O–H groups in total. The summed E-state index contributed by atoms with van der Waals surface area (Å²) in [6.45, 7) is 8.63. The fourth-order valence-electron chi connectivity index (χ4n) is 4.82. The minimum Gasteiger partial charge on any atom is -0.326 e. The van der Waals surface area contributed by atoms with Crippen LogP contribution < -0.4 is 5.32 Å². The smallest absolute Gasteiger partial charge is 0.221 e. The van der Waals surface area contributed by atoms with Crippen molar-refractivity contribution in [3.05, 3.63) is 89.2 Å². The molecule has 1 aliphatic heterocycles. The third-order valence-corrected chi connectivity index (χ3v) is 7.35. The SMILES string of the molecule is CC(=O)Nc1ccc(F)c(Cl)c1.CC1CCN(C2CCCC2)CC1.Cc1ccc(-c2ccccc2)cc1. The molecule has 0 spiro atoms. The van der Waals surface area contributed by atoms with Crippen molar-refractivity contribution in [3.8, 4) is 11.1 Å². The lowest BCUT2D eigenvalue weighted by Crippen LogP contribution is -2.39. The third-order valence-electron chi connectivity index (χ3n) is 7.06. The molecule has 1 saturated heterocycles. The summed E-state index contributed by atoms with van der Waals surface area (Å²) in [6, 6.07) is 24.0. The molecule has 0 bridgehead atoms. The molecule has 198 valence electrons. The molecular formula is C32H40ClFN2O. The molecule has 37 heavy (non-hydrogen) atoms. The molecule has 1 heterocycles. The molecule has 5 rings (SSSR count). The van der Waals surface area contributed by atoms with Crippen LogP contribution in [-0.4, -0.2) is 29.9 Å². The number of amides is 1. The fraction of sp³-hybridized carbons (Fsp3) is 0.406. The number of rotatable bonds is 3. The number of halogens is 2. The summed E-state index contributed by atoms with van der Waals surface area (Å²) in [4.78, 5) is 13.3. The van der Waals surface area contributed by atoms with E-state index in [0.29, 0.717) is 5.69 Å². The van der Waals surface area contributed by atoms with Gasteiger partial charge in [-0.3, -0.25) is 4.79 Å². The summed E-state index contributed by atoms with van der Waals surface area (Å²) in [5.74, 6) is 0.283. The number of hydrogen-bond donors (Lipinski definition) is 1. The Kier molecular flexibility index (Phi) is 11.6. The number of nitrogens with zero attached hydrogens (tertiary/aromatic N) is 1. The Labute approximate surface area is 227 Å². The lowest BCUT2D eigenvalue weighted by atomic mass is 9.97. The molecule has 0 atom stereocenters. The van der Waals surface area contributed by atoms with Crippen LogP contribution in [0.5, 0.6) is 0 Å². The summed E-state index contributed by atoms with van der Waals surface area (Å²) in [5.41, 5.74) is 4.36. The van der Waals surface area contributed by atoms with Crippen molar-refractivity contribution in [1.29, 1.82) is 0 Å². The highest BCUT2D eigenvalue weighted by Gasteiger charge is 2.25. The molecular weight excluding hydrogens is 483 g/mol. The van der Waals surface area contributed by atoms with Gasteiger partial charge in [-0.1, -0.05) is 91.5 Å². The van der Waals surface area contributed by atoms with Crippen molar-refractivity contribution in [2.75, 3.05) is 18.4 Å². The Balaban J connectivity index is 0.000000154. The second-order valence-corrected chi connectivity index (χ2v) is 10.6. The molecule has 0 aromatic heterocycles. The van der Waals surface area contributed by atoms with Gasteiger partial charge in [0.2, 0.25) is 5.91 Å². The lowest BCUT2D eigenvalue weighted by Gasteiger charge is -2.34. The van der Waals surface area contributed by atoms with Crippen molar-refractivity contribution in [1.82, 2.24) is 4.90 Å². The highest BCUT2D eigenvalue weighted by Crippen LogP contribution is 2.27. The van der Waals surface area contributed by atoms with Crippen LogP contribution in [0.4, 0.5) is 10.1 Å². The number of aryl methyl sites for hydroxylation is 1. The maximum absolute atomic E-state index is 12.6. The van der Waals surface area contributed by atoms with E-state index in [9.17, 15) is 9.18 Å². The van der Waals surface area contributed by atoms with Crippen LogP contribution in [0.1, 0.15) is 57.9 Å². The zero-order valence-corrected chi connectivity index (χ0v) is 23.1. The maximum Gasteiger partial charge on any atom is 0.221 e. The highest BCUT2D eigenvalue weighted by atomic mass is 35.5. The Hall–Kier alpha value is -2.69. The molecule has 3 aromatic rings. The van der Waals surface area contributed by atoms with Gasteiger partial charge in [-0.2, -0.15) is 0 Å². The van der Waals surface area contributed by atoms with E-state index in [1.54, 1.807) is 0 Å². The number of carbonyl (C=O) groups excluding carboxylic acids is 1. The Morgan fingerprint density at radius 2 is 1.49 bits per heavy atom. The average molecular weight is 523 g/mol. The first-order chi connectivity index (χ1) is 17.8. The van der Waals surface area contributed by atoms with Gasteiger partial charge in [-0.25, -0.2) is 4.39 Å². The second-order valence-electron chi connectivity index (χ2n) is 10.2. The first-order valence-electron chi connectivity index (χ1n) is 13.4. The molecule has 1 aliphatic carbocycles. The van der Waals surface area contributed by atoms with E-state index >= 15 is 0 Å². The third kappa shape index (κ3) is 9.94. The predicted octanol–water partition coefficient (Wildman–Crippen LogP) is 8.76. The van der Waals surface area contributed by atoms with Gasteiger partial charge in [0.1, 0.15) is 5.82 Å². The molecule has 2 aliphatic rings. The summed E-state index contributed by atoms with van der Waals surface area (Å²) < 4.78 is 12.6. The molecule has 5 heteroatoms. The Bertz CT molecular complexity index is 1090. The minimum absolute atomic E-state index is 0.00116.